The van der Waals surface area contributed by atoms with Crippen molar-refractivity contribution in [3.05, 3.63) is 0 Å². The lowest BCUT2D eigenvalue weighted by Gasteiger charge is -2.19. The highest BCUT2D eigenvalue weighted by atomic mass is 16.3. The normalized spacial score (nSPS) is 21.5. The van der Waals surface area contributed by atoms with Crippen molar-refractivity contribution < 1.29 is 5.11 Å². The molecule has 1 aliphatic rings. The first-order valence-corrected chi connectivity index (χ1v) is 5.19. The smallest absolute Gasteiger partial charge is 0.0443 e. The maximum absolute atomic E-state index is 8.60. The molecule has 1 aliphatic carbocycles. The lowest BCUT2D eigenvalue weighted by Crippen LogP contribution is -2.33. The van der Waals surface area contributed by atoms with Crippen LogP contribution < -0.4 is 5.32 Å². The maximum Gasteiger partial charge on any atom is 0.0443 e. The van der Waals surface area contributed by atoms with Gasteiger partial charge in [-0.2, -0.15) is 0 Å². The molecule has 2 heteroatoms. The molecular weight excluding hydrogens is 150 g/mol. The third-order valence-electron chi connectivity index (χ3n) is 2.91. The van der Waals surface area contributed by atoms with Gasteiger partial charge in [-0.05, 0) is 38.6 Å². The van der Waals surface area contributed by atoms with Crippen LogP contribution in [0.2, 0.25) is 0 Å². The number of nitrogens with one attached hydrogen (secondary N) is 1. The van der Waals surface area contributed by atoms with E-state index >= 15 is 0 Å². The van der Waals surface area contributed by atoms with Gasteiger partial charge < -0.3 is 10.4 Å². The fourth-order valence-corrected chi connectivity index (χ4v) is 2.03. The quantitative estimate of drug-likeness (QED) is 0.615. The minimum absolute atomic E-state index is 0.310. The van der Waals surface area contributed by atoms with E-state index < -0.39 is 0 Å². The van der Waals surface area contributed by atoms with Crippen LogP contribution in [0.3, 0.4) is 0 Å². The zero-order valence-corrected chi connectivity index (χ0v) is 8.05. The van der Waals surface area contributed by atoms with E-state index in [1.54, 1.807) is 0 Å². The molecule has 1 unspecified atom stereocenters. The van der Waals surface area contributed by atoms with Gasteiger partial charge in [-0.15, -0.1) is 0 Å². The fraction of sp³-hybridized carbons (Fsp3) is 1.00. The molecule has 0 spiro atoms. The van der Waals surface area contributed by atoms with Crippen molar-refractivity contribution in [1.29, 1.82) is 0 Å². The molecular formula is C10H21NO. The molecule has 72 valence electrons. The highest BCUT2D eigenvalue weighted by Gasteiger charge is 2.20. The molecule has 1 saturated carbocycles. The van der Waals surface area contributed by atoms with Crippen LogP contribution >= 0.6 is 0 Å². The van der Waals surface area contributed by atoms with Crippen LogP contribution in [0.15, 0.2) is 0 Å². The molecule has 0 aliphatic heterocycles. The summed E-state index contributed by atoms with van der Waals surface area (Å²) in [7, 11) is 0. The van der Waals surface area contributed by atoms with Gasteiger partial charge in [-0.3, -0.25) is 0 Å². The van der Waals surface area contributed by atoms with Crippen molar-refractivity contribution in [3.8, 4) is 0 Å². The lowest BCUT2D eigenvalue weighted by atomic mass is 10.00. The summed E-state index contributed by atoms with van der Waals surface area (Å²) in [6, 6.07) is 0.652. The highest BCUT2D eigenvalue weighted by Crippen LogP contribution is 2.27. The number of hydrogen-bond acceptors (Lipinski definition) is 2. The Kier molecular flexibility index (Phi) is 4.62. The van der Waals surface area contributed by atoms with E-state index in [0.29, 0.717) is 12.6 Å². The SMILES string of the molecule is CC(NCCCO)C1CCCC1. The van der Waals surface area contributed by atoms with Crippen LogP contribution in [0.5, 0.6) is 0 Å². The third-order valence-corrected chi connectivity index (χ3v) is 2.91. The van der Waals surface area contributed by atoms with Gasteiger partial charge in [0.1, 0.15) is 0 Å². The van der Waals surface area contributed by atoms with Gasteiger partial charge in [0, 0.05) is 12.6 Å². The summed E-state index contributed by atoms with van der Waals surface area (Å²) in [5.74, 6) is 0.892. The van der Waals surface area contributed by atoms with Crippen LogP contribution in [0.25, 0.3) is 0 Å². The standard InChI is InChI=1S/C10H21NO/c1-9(11-7-4-8-12)10-5-2-3-6-10/h9-12H,2-8H2,1H3. The Bertz CT molecular complexity index is 110. The summed E-state index contributed by atoms with van der Waals surface area (Å²) in [5, 5.41) is 12.1. The topological polar surface area (TPSA) is 32.3 Å². The van der Waals surface area contributed by atoms with Crippen LogP contribution in [-0.4, -0.2) is 24.3 Å². The van der Waals surface area contributed by atoms with Crippen LogP contribution in [0.4, 0.5) is 0 Å². The molecule has 0 amide bonds. The molecule has 1 atom stereocenters. The summed E-state index contributed by atoms with van der Waals surface area (Å²) in [4.78, 5) is 0. The summed E-state index contributed by atoms with van der Waals surface area (Å²) < 4.78 is 0. The van der Waals surface area contributed by atoms with Gasteiger partial charge in [-0.25, -0.2) is 0 Å². The number of rotatable bonds is 5. The Morgan fingerprint density at radius 1 is 1.42 bits per heavy atom. The van der Waals surface area contributed by atoms with Gasteiger partial charge in [0.15, 0.2) is 0 Å². The molecule has 0 aromatic carbocycles. The first-order chi connectivity index (χ1) is 5.84. The summed E-state index contributed by atoms with van der Waals surface area (Å²) in [6.45, 7) is 3.55. The zero-order valence-electron chi connectivity index (χ0n) is 8.05. The number of aliphatic hydroxyl groups excluding tert-OH is 1. The van der Waals surface area contributed by atoms with Crippen molar-refractivity contribution in [1.82, 2.24) is 5.32 Å². The predicted molar refractivity (Wildman–Crippen MR) is 51.1 cm³/mol. The second-order valence-electron chi connectivity index (χ2n) is 3.86. The van der Waals surface area contributed by atoms with Crippen LogP contribution in [-0.2, 0) is 0 Å². The van der Waals surface area contributed by atoms with Gasteiger partial charge in [0.25, 0.3) is 0 Å². The van der Waals surface area contributed by atoms with Crippen molar-refractivity contribution in [3.63, 3.8) is 0 Å². The summed E-state index contributed by atoms with van der Waals surface area (Å²) in [6.07, 6.45) is 6.50. The van der Waals surface area contributed by atoms with E-state index in [1.807, 2.05) is 0 Å². The summed E-state index contributed by atoms with van der Waals surface area (Å²) >= 11 is 0. The van der Waals surface area contributed by atoms with Crippen molar-refractivity contribution in [2.24, 2.45) is 5.92 Å². The van der Waals surface area contributed by atoms with E-state index in [0.717, 1.165) is 18.9 Å². The highest BCUT2D eigenvalue weighted by molar-refractivity contribution is 4.76. The molecule has 0 heterocycles. The minimum Gasteiger partial charge on any atom is -0.396 e. The van der Waals surface area contributed by atoms with E-state index in [4.69, 9.17) is 5.11 Å². The van der Waals surface area contributed by atoms with Crippen molar-refractivity contribution in [2.45, 2.75) is 45.1 Å². The Morgan fingerprint density at radius 2 is 2.08 bits per heavy atom. The first kappa shape index (κ1) is 10.0. The average molecular weight is 171 g/mol. The predicted octanol–water partition coefficient (Wildman–Crippen LogP) is 1.54. The monoisotopic (exact) mass is 171 g/mol. The van der Waals surface area contributed by atoms with Gasteiger partial charge in [0.2, 0.25) is 0 Å². The molecule has 1 fully saturated rings. The third kappa shape index (κ3) is 3.11. The molecule has 0 aromatic rings. The van der Waals surface area contributed by atoms with Gasteiger partial charge in [-0.1, -0.05) is 12.8 Å². The lowest BCUT2D eigenvalue weighted by molar-refractivity contribution is 0.278. The molecule has 0 saturated heterocycles. The Balaban J connectivity index is 2.05. The van der Waals surface area contributed by atoms with Gasteiger partial charge >= 0.3 is 0 Å². The van der Waals surface area contributed by atoms with Crippen molar-refractivity contribution in [2.75, 3.05) is 13.2 Å². The maximum atomic E-state index is 8.60. The Morgan fingerprint density at radius 3 is 2.67 bits per heavy atom. The molecule has 0 aromatic heterocycles. The molecule has 2 N–H and O–H groups in total. The summed E-state index contributed by atoms with van der Waals surface area (Å²) in [5.41, 5.74) is 0. The van der Waals surface area contributed by atoms with E-state index in [-0.39, 0.29) is 0 Å². The number of hydrogen-bond donors (Lipinski definition) is 2. The minimum atomic E-state index is 0.310. The van der Waals surface area contributed by atoms with E-state index in [1.165, 1.54) is 25.7 Å². The van der Waals surface area contributed by atoms with Crippen LogP contribution in [0.1, 0.15) is 39.0 Å². The Labute approximate surface area is 75.4 Å². The molecule has 2 nitrogen and oxygen atoms in total. The van der Waals surface area contributed by atoms with Crippen molar-refractivity contribution >= 4 is 0 Å². The molecule has 0 bridgehead atoms. The first-order valence-electron chi connectivity index (χ1n) is 5.19. The molecule has 12 heavy (non-hydrogen) atoms. The fourth-order valence-electron chi connectivity index (χ4n) is 2.03. The largest absolute Gasteiger partial charge is 0.396 e. The van der Waals surface area contributed by atoms with E-state index in [2.05, 4.69) is 12.2 Å². The zero-order chi connectivity index (χ0) is 8.81. The molecule has 1 rings (SSSR count). The Hall–Kier alpha value is -0.0800. The van der Waals surface area contributed by atoms with E-state index in [9.17, 15) is 0 Å². The second kappa shape index (κ2) is 5.55. The number of aliphatic hydroxyl groups is 1. The molecule has 0 radical (unpaired) electrons. The van der Waals surface area contributed by atoms with Crippen LogP contribution in [0, 0.1) is 5.92 Å². The average Bonchev–Trinajstić information content (AvgIpc) is 2.56. The second-order valence-corrected chi connectivity index (χ2v) is 3.86. The van der Waals surface area contributed by atoms with Gasteiger partial charge in [0.05, 0.1) is 0 Å².